The number of aliphatic hydroxyl groups excluding tert-OH is 1. The van der Waals surface area contributed by atoms with Crippen LogP contribution < -0.4 is 5.32 Å². The summed E-state index contributed by atoms with van der Waals surface area (Å²) in [5.74, 6) is -0.964. The van der Waals surface area contributed by atoms with Crippen LogP contribution in [0.3, 0.4) is 0 Å². The van der Waals surface area contributed by atoms with Crippen molar-refractivity contribution in [3.63, 3.8) is 0 Å². The monoisotopic (exact) mass is 549 g/mol. The lowest BCUT2D eigenvalue weighted by atomic mass is 9.94. The molecular weight excluding hydrogens is 525 g/mol. The molecule has 2 N–H and O–H groups in total. The number of rotatable bonds is 6. The van der Waals surface area contributed by atoms with Gasteiger partial charge in [0.1, 0.15) is 18.5 Å². The van der Waals surface area contributed by atoms with E-state index in [-0.39, 0.29) is 28.6 Å². The summed E-state index contributed by atoms with van der Waals surface area (Å²) in [6.07, 6.45) is 1.66. The van der Waals surface area contributed by atoms with Gasteiger partial charge in [0.15, 0.2) is 10.8 Å². The Balaban J connectivity index is 1.56. The maximum absolute atomic E-state index is 13.9. The smallest absolute Gasteiger partial charge is 0.338 e. The largest absolute Gasteiger partial charge is 0.466 e. The molecule has 0 radical (unpaired) electrons. The number of esters is 1. The van der Waals surface area contributed by atoms with Crippen molar-refractivity contribution in [3.05, 3.63) is 62.5 Å². The van der Waals surface area contributed by atoms with E-state index < -0.39 is 24.4 Å². The van der Waals surface area contributed by atoms with Gasteiger partial charge in [0.25, 0.3) is 0 Å². The van der Waals surface area contributed by atoms with Crippen LogP contribution in [0.2, 0.25) is 5.02 Å². The van der Waals surface area contributed by atoms with Crippen LogP contribution in [0.25, 0.3) is 0 Å². The molecule has 4 heterocycles. The van der Waals surface area contributed by atoms with Crippen LogP contribution in [0.1, 0.15) is 16.6 Å². The number of benzene rings is 1. The Hall–Kier alpha value is -2.90. The molecule has 0 spiro atoms. The van der Waals surface area contributed by atoms with Crippen molar-refractivity contribution in [2.45, 2.75) is 18.1 Å². The number of carbonyl (C=O) groups is 2. The minimum atomic E-state index is -0.857. The molecule has 2 unspecified atom stereocenters. The number of carbonyl (C=O) groups excluding carboxylic acids is 2. The molecule has 13 heteroatoms. The number of thiazole rings is 1. The van der Waals surface area contributed by atoms with Crippen LogP contribution >= 0.6 is 22.9 Å². The molecule has 0 aliphatic carbocycles. The minimum absolute atomic E-state index is 0.135. The van der Waals surface area contributed by atoms with Gasteiger partial charge in [-0.05, 0) is 12.1 Å². The molecule has 37 heavy (non-hydrogen) atoms. The van der Waals surface area contributed by atoms with Crippen LogP contribution in [-0.4, -0.2) is 96.3 Å². The number of aromatic nitrogens is 1. The Bertz CT molecular complexity index is 1240. The highest BCUT2D eigenvalue weighted by molar-refractivity contribution is 7.11. The van der Waals surface area contributed by atoms with Crippen molar-refractivity contribution in [1.29, 1.82) is 0 Å². The summed E-state index contributed by atoms with van der Waals surface area (Å²) in [5, 5.41) is 15.2. The molecule has 196 valence electrons. The second-order valence-electron chi connectivity index (χ2n) is 8.87. The number of nitrogens with zero attached hydrogens (tertiary/aromatic N) is 4. The van der Waals surface area contributed by atoms with Crippen molar-refractivity contribution >= 4 is 40.6 Å². The second-order valence-corrected chi connectivity index (χ2v) is 10.2. The van der Waals surface area contributed by atoms with Gasteiger partial charge in [-0.2, -0.15) is 0 Å². The number of fused-ring (bicyclic) bond motifs is 2. The van der Waals surface area contributed by atoms with Crippen molar-refractivity contribution < 1.29 is 28.6 Å². The number of piperazine rings is 1. The van der Waals surface area contributed by atoms with Crippen molar-refractivity contribution in [3.8, 4) is 0 Å². The normalized spacial score (nSPS) is 23.9. The molecule has 2 bridgehead atoms. The number of methoxy groups -OCH3 is 1. The molecular formula is C24H25ClFN5O5S. The number of halogens is 2. The van der Waals surface area contributed by atoms with Crippen molar-refractivity contribution in [2.24, 2.45) is 4.99 Å². The van der Waals surface area contributed by atoms with E-state index in [0.29, 0.717) is 55.0 Å². The van der Waals surface area contributed by atoms with Gasteiger partial charge in [-0.3, -0.25) is 14.7 Å². The number of aliphatic hydroxyl groups is 1. The molecule has 3 atom stereocenters. The molecule has 0 saturated carbocycles. The SMILES string of the molecule is COC(=O)C1=C(CN2C3COCC2CN(C(=O)CO)C3)NC(c2nccs2)=N[C@H]1c1ccc(F)cc1Cl. The molecule has 10 nitrogen and oxygen atoms in total. The Morgan fingerprint density at radius 1 is 1.32 bits per heavy atom. The first-order valence-electron chi connectivity index (χ1n) is 11.6. The fraction of sp³-hybridized carbons (Fsp3) is 0.417. The molecule has 1 aromatic carbocycles. The summed E-state index contributed by atoms with van der Waals surface area (Å²) in [6.45, 7) is 1.33. The molecule has 2 aromatic rings. The molecule has 1 amide bonds. The van der Waals surface area contributed by atoms with E-state index >= 15 is 0 Å². The molecule has 2 fully saturated rings. The molecule has 3 aliphatic rings. The maximum atomic E-state index is 13.9. The van der Waals surface area contributed by atoms with E-state index in [4.69, 9.17) is 26.1 Å². The van der Waals surface area contributed by atoms with E-state index in [2.05, 4.69) is 15.2 Å². The Morgan fingerprint density at radius 3 is 2.70 bits per heavy atom. The summed E-state index contributed by atoms with van der Waals surface area (Å²) in [7, 11) is 1.29. The highest BCUT2D eigenvalue weighted by Gasteiger charge is 2.42. The predicted molar refractivity (Wildman–Crippen MR) is 134 cm³/mol. The lowest BCUT2D eigenvalue weighted by Crippen LogP contribution is -2.66. The highest BCUT2D eigenvalue weighted by Crippen LogP contribution is 2.37. The zero-order chi connectivity index (χ0) is 26.1. The summed E-state index contributed by atoms with van der Waals surface area (Å²) >= 11 is 7.81. The number of ether oxygens (including phenoxy) is 2. The Labute approximate surface area is 221 Å². The zero-order valence-corrected chi connectivity index (χ0v) is 21.5. The van der Waals surface area contributed by atoms with Gasteiger partial charge in [0.05, 0.1) is 38.0 Å². The molecule has 2 saturated heterocycles. The van der Waals surface area contributed by atoms with Gasteiger partial charge in [-0.25, -0.2) is 14.2 Å². The average Bonchev–Trinajstić information content (AvgIpc) is 3.42. The highest BCUT2D eigenvalue weighted by atomic mass is 35.5. The third kappa shape index (κ3) is 5.12. The number of aliphatic imine (C=N–C) groups is 1. The fourth-order valence-electron chi connectivity index (χ4n) is 4.94. The van der Waals surface area contributed by atoms with E-state index in [1.165, 1.54) is 36.6 Å². The van der Waals surface area contributed by atoms with Crippen molar-refractivity contribution in [2.75, 3.05) is 46.6 Å². The minimum Gasteiger partial charge on any atom is -0.466 e. The second kappa shape index (κ2) is 10.8. The van der Waals surface area contributed by atoms with Crippen LogP contribution in [0.15, 0.2) is 46.0 Å². The maximum Gasteiger partial charge on any atom is 0.338 e. The van der Waals surface area contributed by atoms with E-state index in [1.54, 1.807) is 11.1 Å². The molecule has 3 aliphatic heterocycles. The lowest BCUT2D eigenvalue weighted by Gasteiger charge is -2.50. The summed E-state index contributed by atoms with van der Waals surface area (Å²) in [5.41, 5.74) is 1.26. The van der Waals surface area contributed by atoms with Crippen LogP contribution in [-0.2, 0) is 19.1 Å². The van der Waals surface area contributed by atoms with Crippen LogP contribution in [0.4, 0.5) is 4.39 Å². The number of amidine groups is 1. The van der Waals surface area contributed by atoms with E-state index in [1.807, 2.05) is 5.38 Å². The number of hydrogen-bond donors (Lipinski definition) is 2. The number of amides is 1. The standard InChI is InChI=1S/C24H25ClFN5O5S/c1-35-24(34)20-18(9-31-14-7-30(19(33)10-32)8-15(31)12-36-11-14)28-22(23-27-4-5-37-23)29-21(20)16-3-2-13(26)6-17(16)25/h2-6,14-15,21,32H,7-12H2,1H3,(H,28,29)/t14?,15?,21-/m0/s1. The number of nitrogens with one attached hydrogen (secondary N) is 1. The van der Waals surface area contributed by atoms with Gasteiger partial charge in [-0.15, -0.1) is 11.3 Å². The Morgan fingerprint density at radius 2 is 2.08 bits per heavy atom. The quantitative estimate of drug-likeness (QED) is 0.519. The third-order valence-electron chi connectivity index (χ3n) is 6.67. The number of morpholine rings is 1. The van der Waals surface area contributed by atoms with Crippen LogP contribution in [0, 0.1) is 5.82 Å². The van der Waals surface area contributed by atoms with Gasteiger partial charge in [0, 0.05) is 47.5 Å². The average molecular weight is 550 g/mol. The first kappa shape index (κ1) is 25.7. The molecule has 5 rings (SSSR count). The van der Waals surface area contributed by atoms with Gasteiger partial charge >= 0.3 is 5.97 Å². The number of hydrogen-bond acceptors (Lipinski definition) is 10. The van der Waals surface area contributed by atoms with Crippen LogP contribution in [0.5, 0.6) is 0 Å². The van der Waals surface area contributed by atoms with Gasteiger partial charge in [0.2, 0.25) is 5.91 Å². The first-order valence-corrected chi connectivity index (χ1v) is 12.9. The van der Waals surface area contributed by atoms with Gasteiger partial charge in [-0.1, -0.05) is 17.7 Å². The summed E-state index contributed by atoms with van der Waals surface area (Å²) in [6, 6.07) is 2.82. The van der Waals surface area contributed by atoms with E-state index in [9.17, 15) is 19.1 Å². The molecule has 1 aromatic heterocycles. The van der Waals surface area contributed by atoms with Crippen molar-refractivity contribution in [1.82, 2.24) is 20.1 Å². The predicted octanol–water partition coefficient (Wildman–Crippen LogP) is 1.36. The topological polar surface area (TPSA) is 117 Å². The van der Waals surface area contributed by atoms with Gasteiger partial charge < -0.3 is 24.8 Å². The fourth-order valence-corrected chi connectivity index (χ4v) is 5.80. The summed E-state index contributed by atoms with van der Waals surface area (Å²) in [4.78, 5) is 38.3. The van der Waals surface area contributed by atoms with E-state index in [0.717, 1.165) is 0 Å². The lowest BCUT2D eigenvalue weighted by molar-refractivity contribution is -0.147. The zero-order valence-electron chi connectivity index (χ0n) is 19.9. The summed E-state index contributed by atoms with van der Waals surface area (Å²) < 4.78 is 24.8. The Kier molecular flexibility index (Phi) is 7.54. The first-order chi connectivity index (χ1) is 17.9. The third-order valence-corrected chi connectivity index (χ3v) is 7.78.